The molecule has 1 amide bonds. The topological polar surface area (TPSA) is 71.3 Å². The van der Waals surface area contributed by atoms with Crippen LogP contribution in [0.15, 0.2) is 4.52 Å². The average molecular weight is 329 g/mol. The summed E-state index contributed by atoms with van der Waals surface area (Å²) in [5.74, 6) is 2.28. The number of carbonyl (C=O) groups is 1. The molecule has 2 fully saturated rings. The van der Waals surface area contributed by atoms with Crippen molar-refractivity contribution in [1.82, 2.24) is 20.4 Å². The summed E-state index contributed by atoms with van der Waals surface area (Å²) in [5, 5.41) is 7.39. The Morgan fingerprint density at radius 3 is 2.91 bits per heavy atom. The van der Waals surface area contributed by atoms with Gasteiger partial charge in [-0.25, -0.2) is 0 Å². The summed E-state index contributed by atoms with van der Waals surface area (Å²) in [7, 11) is 0. The Balaban J connectivity index is 0.00000176. The average Bonchev–Trinajstić information content (AvgIpc) is 3.22. The maximum absolute atomic E-state index is 12.3. The number of hydrogen-bond donors (Lipinski definition) is 1. The summed E-state index contributed by atoms with van der Waals surface area (Å²) in [6.45, 7) is 5.92. The van der Waals surface area contributed by atoms with Crippen molar-refractivity contribution in [3.05, 3.63) is 11.7 Å². The zero-order valence-electron chi connectivity index (χ0n) is 13.2. The molecule has 0 spiro atoms. The van der Waals surface area contributed by atoms with E-state index in [2.05, 4.69) is 29.3 Å². The molecule has 1 saturated carbocycles. The molecule has 6 nitrogen and oxygen atoms in total. The molecular weight excluding hydrogens is 304 g/mol. The van der Waals surface area contributed by atoms with E-state index in [-0.39, 0.29) is 24.4 Å². The Morgan fingerprint density at radius 2 is 2.18 bits per heavy atom. The zero-order valence-corrected chi connectivity index (χ0v) is 14.1. The molecule has 1 N–H and O–H groups in total. The minimum Gasteiger partial charge on any atom is -0.339 e. The van der Waals surface area contributed by atoms with Gasteiger partial charge in [-0.2, -0.15) is 4.98 Å². The summed E-state index contributed by atoms with van der Waals surface area (Å²) in [5.41, 5.74) is 0. The van der Waals surface area contributed by atoms with Crippen LogP contribution in [-0.2, 0) is 11.2 Å². The van der Waals surface area contributed by atoms with E-state index in [1.54, 1.807) is 0 Å². The van der Waals surface area contributed by atoms with Crippen LogP contribution in [0.5, 0.6) is 0 Å². The Bertz CT molecular complexity index is 503. The second-order valence-electron chi connectivity index (χ2n) is 6.24. The largest absolute Gasteiger partial charge is 0.339 e. The number of hydrogen-bond acceptors (Lipinski definition) is 5. The van der Waals surface area contributed by atoms with Crippen LogP contribution in [0.1, 0.15) is 57.2 Å². The standard InChI is InChI=1S/C15H24N4O2.ClH/c1-10-11(2)19(9-8-16-10)14(20)5-3-4-13-17-15(18-21-13)12-6-7-12;/h10-12,16H,3-9H2,1-2H3;1H. The van der Waals surface area contributed by atoms with Gasteiger partial charge in [0.05, 0.1) is 0 Å². The van der Waals surface area contributed by atoms with Gasteiger partial charge < -0.3 is 14.7 Å². The van der Waals surface area contributed by atoms with E-state index in [1.807, 2.05) is 4.90 Å². The number of amides is 1. The van der Waals surface area contributed by atoms with Gasteiger partial charge in [0.1, 0.15) is 0 Å². The Kier molecular flexibility index (Phi) is 5.81. The van der Waals surface area contributed by atoms with Crippen molar-refractivity contribution >= 4 is 18.3 Å². The van der Waals surface area contributed by atoms with Crippen molar-refractivity contribution in [3.63, 3.8) is 0 Å². The number of nitrogens with one attached hydrogen (secondary N) is 1. The molecule has 1 aromatic rings. The van der Waals surface area contributed by atoms with Crippen molar-refractivity contribution in [2.24, 2.45) is 0 Å². The number of piperazine rings is 1. The number of aromatic nitrogens is 2. The molecular formula is C15H25ClN4O2. The first-order valence-electron chi connectivity index (χ1n) is 8.00. The molecule has 1 aliphatic heterocycles. The molecule has 0 radical (unpaired) electrons. The second kappa shape index (κ2) is 7.42. The molecule has 1 aromatic heterocycles. The molecule has 0 aromatic carbocycles. The van der Waals surface area contributed by atoms with Gasteiger partial charge in [0.2, 0.25) is 11.8 Å². The Hall–Kier alpha value is -1.14. The van der Waals surface area contributed by atoms with Gasteiger partial charge >= 0.3 is 0 Å². The maximum Gasteiger partial charge on any atom is 0.226 e. The lowest BCUT2D eigenvalue weighted by atomic mass is 10.1. The van der Waals surface area contributed by atoms with Gasteiger partial charge in [-0.15, -0.1) is 12.4 Å². The molecule has 7 heteroatoms. The third-order valence-electron chi connectivity index (χ3n) is 4.56. The smallest absolute Gasteiger partial charge is 0.226 e. The van der Waals surface area contributed by atoms with Crippen LogP contribution in [0.3, 0.4) is 0 Å². The van der Waals surface area contributed by atoms with Gasteiger partial charge in [0.15, 0.2) is 5.82 Å². The molecule has 1 saturated heterocycles. The van der Waals surface area contributed by atoms with Crippen molar-refractivity contribution in [2.45, 2.75) is 64.0 Å². The van der Waals surface area contributed by atoms with E-state index in [9.17, 15) is 4.79 Å². The molecule has 1 aliphatic carbocycles. The number of carbonyl (C=O) groups excluding carboxylic acids is 1. The first kappa shape index (κ1) is 17.2. The fourth-order valence-electron chi connectivity index (χ4n) is 2.82. The van der Waals surface area contributed by atoms with Gasteiger partial charge in [-0.3, -0.25) is 4.79 Å². The lowest BCUT2D eigenvalue weighted by Crippen LogP contribution is -2.57. The molecule has 2 aliphatic rings. The second-order valence-corrected chi connectivity index (χ2v) is 6.24. The molecule has 2 unspecified atom stereocenters. The number of rotatable bonds is 5. The molecule has 3 rings (SSSR count). The molecule has 124 valence electrons. The lowest BCUT2D eigenvalue weighted by Gasteiger charge is -2.38. The normalized spacial score (nSPS) is 24.9. The highest BCUT2D eigenvalue weighted by Crippen LogP contribution is 2.38. The van der Waals surface area contributed by atoms with Crippen LogP contribution in [0.25, 0.3) is 0 Å². The van der Waals surface area contributed by atoms with Crippen LogP contribution in [-0.4, -0.2) is 46.1 Å². The predicted octanol–water partition coefficient (Wildman–Crippen LogP) is 1.90. The highest BCUT2D eigenvalue weighted by molar-refractivity contribution is 5.85. The van der Waals surface area contributed by atoms with Gasteiger partial charge in [0.25, 0.3) is 0 Å². The van der Waals surface area contributed by atoms with Gasteiger partial charge in [0, 0.05) is 43.9 Å². The van der Waals surface area contributed by atoms with Crippen LogP contribution < -0.4 is 5.32 Å². The maximum atomic E-state index is 12.3. The lowest BCUT2D eigenvalue weighted by molar-refractivity contribution is -0.134. The zero-order chi connectivity index (χ0) is 14.8. The van der Waals surface area contributed by atoms with Crippen LogP contribution >= 0.6 is 12.4 Å². The SMILES string of the molecule is CC1NCCN(C(=O)CCCc2nc(C3CC3)no2)C1C.Cl. The first-order valence-corrected chi connectivity index (χ1v) is 8.00. The number of halogens is 1. The molecule has 22 heavy (non-hydrogen) atoms. The highest BCUT2D eigenvalue weighted by atomic mass is 35.5. The quantitative estimate of drug-likeness (QED) is 0.894. The minimum absolute atomic E-state index is 0. The number of aryl methyl sites for hydroxylation is 1. The van der Waals surface area contributed by atoms with E-state index < -0.39 is 0 Å². The molecule has 0 bridgehead atoms. The highest BCUT2D eigenvalue weighted by Gasteiger charge is 2.29. The van der Waals surface area contributed by atoms with E-state index in [0.29, 0.717) is 30.7 Å². The monoisotopic (exact) mass is 328 g/mol. The Labute approximate surface area is 137 Å². The Morgan fingerprint density at radius 1 is 1.41 bits per heavy atom. The summed E-state index contributed by atoms with van der Waals surface area (Å²) >= 11 is 0. The van der Waals surface area contributed by atoms with Crippen LogP contribution in [0.2, 0.25) is 0 Å². The third-order valence-corrected chi connectivity index (χ3v) is 4.56. The van der Waals surface area contributed by atoms with E-state index in [4.69, 9.17) is 4.52 Å². The predicted molar refractivity (Wildman–Crippen MR) is 85.1 cm³/mol. The van der Waals surface area contributed by atoms with Crippen molar-refractivity contribution in [1.29, 1.82) is 0 Å². The van der Waals surface area contributed by atoms with E-state index >= 15 is 0 Å². The number of nitrogens with zero attached hydrogens (tertiary/aromatic N) is 3. The van der Waals surface area contributed by atoms with Crippen LogP contribution in [0, 0.1) is 0 Å². The fourth-order valence-corrected chi connectivity index (χ4v) is 2.82. The fraction of sp³-hybridized carbons (Fsp3) is 0.800. The third kappa shape index (κ3) is 3.98. The van der Waals surface area contributed by atoms with Gasteiger partial charge in [-0.1, -0.05) is 5.16 Å². The van der Waals surface area contributed by atoms with Gasteiger partial charge in [-0.05, 0) is 33.1 Å². The van der Waals surface area contributed by atoms with Crippen LogP contribution in [0.4, 0.5) is 0 Å². The summed E-state index contributed by atoms with van der Waals surface area (Å²) in [6.07, 6.45) is 4.38. The summed E-state index contributed by atoms with van der Waals surface area (Å²) in [6, 6.07) is 0.621. The van der Waals surface area contributed by atoms with Crippen molar-refractivity contribution in [2.75, 3.05) is 13.1 Å². The molecule has 2 atom stereocenters. The van der Waals surface area contributed by atoms with Crippen molar-refractivity contribution in [3.8, 4) is 0 Å². The summed E-state index contributed by atoms with van der Waals surface area (Å²) in [4.78, 5) is 18.7. The molecule has 2 heterocycles. The van der Waals surface area contributed by atoms with E-state index in [0.717, 1.165) is 25.3 Å². The minimum atomic E-state index is 0. The first-order chi connectivity index (χ1) is 10.1. The van der Waals surface area contributed by atoms with E-state index in [1.165, 1.54) is 12.8 Å². The van der Waals surface area contributed by atoms with Crippen molar-refractivity contribution < 1.29 is 9.32 Å². The summed E-state index contributed by atoms with van der Waals surface area (Å²) < 4.78 is 5.24.